The summed E-state index contributed by atoms with van der Waals surface area (Å²) >= 11 is 0. The molecule has 1 aromatic carbocycles. The molecule has 1 aliphatic carbocycles. The van der Waals surface area contributed by atoms with Crippen molar-refractivity contribution in [1.29, 1.82) is 0 Å². The summed E-state index contributed by atoms with van der Waals surface area (Å²) in [5, 5.41) is 8.85. The molecule has 1 aromatic rings. The van der Waals surface area contributed by atoms with Gasteiger partial charge in [0.15, 0.2) is 5.79 Å². The number of hydrogen-bond acceptors (Lipinski definition) is 4. The van der Waals surface area contributed by atoms with E-state index in [2.05, 4.69) is 0 Å². The van der Waals surface area contributed by atoms with Crippen LogP contribution in [0.25, 0.3) is 0 Å². The number of carboxylic acid groups (broad SMARTS) is 1. The molecule has 1 aliphatic heterocycles. The van der Waals surface area contributed by atoms with E-state index in [1.165, 1.54) is 0 Å². The minimum atomic E-state index is -0.924. The molecule has 0 radical (unpaired) electrons. The third-order valence-electron chi connectivity index (χ3n) is 3.91. The van der Waals surface area contributed by atoms with E-state index in [-0.39, 0.29) is 17.5 Å². The van der Waals surface area contributed by atoms with E-state index in [9.17, 15) is 4.79 Å². The van der Waals surface area contributed by atoms with E-state index in [1.54, 1.807) is 24.3 Å². The Balaban J connectivity index is 1.55. The van der Waals surface area contributed by atoms with E-state index >= 15 is 0 Å². The van der Waals surface area contributed by atoms with Gasteiger partial charge < -0.3 is 19.3 Å². The van der Waals surface area contributed by atoms with Crippen LogP contribution in [0.15, 0.2) is 24.3 Å². The molecule has 20 heavy (non-hydrogen) atoms. The van der Waals surface area contributed by atoms with E-state index in [0.29, 0.717) is 19.0 Å². The van der Waals surface area contributed by atoms with Gasteiger partial charge in [0.2, 0.25) is 0 Å². The molecule has 0 aromatic heterocycles. The Morgan fingerprint density at radius 1 is 1.15 bits per heavy atom. The Kier molecular flexibility index (Phi) is 3.63. The monoisotopic (exact) mass is 278 g/mol. The first-order chi connectivity index (χ1) is 9.67. The summed E-state index contributed by atoms with van der Waals surface area (Å²) in [7, 11) is 0. The molecular weight excluding hydrogens is 260 g/mol. The Labute approximate surface area is 117 Å². The largest absolute Gasteiger partial charge is 0.490 e. The summed E-state index contributed by atoms with van der Waals surface area (Å²) in [5.74, 6) is -0.580. The zero-order chi connectivity index (χ0) is 14.0. The van der Waals surface area contributed by atoms with Gasteiger partial charge in [0.25, 0.3) is 0 Å². The standard InChI is InChI=1S/C15H18O5/c16-14(17)11-1-3-12(4-2-11)20-13-5-7-15(8-6-13)18-9-10-19-15/h1-4,13H,5-10H2,(H,16,17). The van der Waals surface area contributed by atoms with Gasteiger partial charge in [-0.2, -0.15) is 0 Å². The molecule has 2 fully saturated rings. The molecule has 0 amide bonds. The first-order valence-electron chi connectivity index (χ1n) is 6.95. The Morgan fingerprint density at radius 3 is 2.30 bits per heavy atom. The van der Waals surface area contributed by atoms with Crippen molar-refractivity contribution in [1.82, 2.24) is 0 Å². The van der Waals surface area contributed by atoms with Crippen molar-refractivity contribution in [2.45, 2.75) is 37.6 Å². The summed E-state index contributed by atoms with van der Waals surface area (Å²) in [4.78, 5) is 10.8. The van der Waals surface area contributed by atoms with Gasteiger partial charge in [-0.3, -0.25) is 0 Å². The molecule has 1 heterocycles. The van der Waals surface area contributed by atoms with Crippen LogP contribution in [0, 0.1) is 0 Å². The number of aromatic carboxylic acids is 1. The number of benzene rings is 1. The number of carboxylic acids is 1. The van der Waals surface area contributed by atoms with E-state index in [0.717, 1.165) is 25.7 Å². The normalized spacial score (nSPS) is 22.0. The number of hydrogen-bond donors (Lipinski definition) is 1. The topological polar surface area (TPSA) is 65.0 Å². The van der Waals surface area contributed by atoms with Crippen molar-refractivity contribution in [3.63, 3.8) is 0 Å². The van der Waals surface area contributed by atoms with Crippen LogP contribution in [0.1, 0.15) is 36.0 Å². The molecule has 2 aliphatic rings. The Morgan fingerprint density at radius 2 is 1.75 bits per heavy atom. The fourth-order valence-corrected chi connectivity index (χ4v) is 2.80. The lowest BCUT2D eigenvalue weighted by Crippen LogP contribution is -2.38. The van der Waals surface area contributed by atoms with E-state index in [1.807, 2.05) is 0 Å². The second-order valence-electron chi connectivity index (χ2n) is 5.25. The van der Waals surface area contributed by atoms with Gasteiger partial charge >= 0.3 is 5.97 Å². The molecule has 1 spiro atoms. The maximum Gasteiger partial charge on any atom is 0.335 e. The Hall–Kier alpha value is -1.59. The lowest BCUT2D eigenvalue weighted by Gasteiger charge is -2.35. The highest BCUT2D eigenvalue weighted by atomic mass is 16.7. The maximum absolute atomic E-state index is 10.8. The van der Waals surface area contributed by atoms with Crippen molar-refractivity contribution in [3.8, 4) is 5.75 Å². The lowest BCUT2D eigenvalue weighted by molar-refractivity contribution is -0.186. The molecule has 1 saturated carbocycles. The predicted octanol–water partition coefficient (Wildman–Crippen LogP) is 2.45. The highest BCUT2D eigenvalue weighted by Gasteiger charge is 2.40. The molecule has 0 unspecified atom stereocenters. The molecule has 1 saturated heterocycles. The number of rotatable bonds is 3. The summed E-state index contributed by atoms with van der Waals surface area (Å²) < 4.78 is 17.2. The van der Waals surface area contributed by atoms with Gasteiger partial charge in [0.1, 0.15) is 5.75 Å². The summed E-state index contributed by atoms with van der Waals surface area (Å²) in [6.07, 6.45) is 3.63. The van der Waals surface area contributed by atoms with E-state index in [4.69, 9.17) is 19.3 Å². The van der Waals surface area contributed by atoms with Gasteiger partial charge in [0, 0.05) is 12.8 Å². The smallest absolute Gasteiger partial charge is 0.335 e. The highest BCUT2D eigenvalue weighted by Crippen LogP contribution is 2.37. The van der Waals surface area contributed by atoms with Crippen LogP contribution in [-0.4, -0.2) is 36.2 Å². The van der Waals surface area contributed by atoms with Gasteiger partial charge in [-0.25, -0.2) is 4.79 Å². The third kappa shape index (κ3) is 2.78. The molecule has 1 N–H and O–H groups in total. The van der Waals surface area contributed by atoms with Crippen LogP contribution in [0.3, 0.4) is 0 Å². The van der Waals surface area contributed by atoms with Gasteiger partial charge in [0.05, 0.1) is 24.9 Å². The minimum Gasteiger partial charge on any atom is -0.490 e. The minimum absolute atomic E-state index is 0.143. The average molecular weight is 278 g/mol. The summed E-state index contributed by atoms with van der Waals surface area (Å²) in [6.45, 7) is 1.37. The van der Waals surface area contributed by atoms with Crippen LogP contribution in [0.2, 0.25) is 0 Å². The summed E-state index contributed by atoms with van der Waals surface area (Å²) in [5.41, 5.74) is 0.271. The molecule has 108 valence electrons. The number of carbonyl (C=O) groups is 1. The van der Waals surface area contributed by atoms with Crippen molar-refractivity contribution in [3.05, 3.63) is 29.8 Å². The lowest BCUT2D eigenvalue weighted by atomic mass is 9.92. The van der Waals surface area contributed by atoms with Gasteiger partial charge in [-0.15, -0.1) is 0 Å². The molecular formula is C15H18O5. The van der Waals surface area contributed by atoms with Crippen LogP contribution < -0.4 is 4.74 Å². The van der Waals surface area contributed by atoms with Gasteiger partial charge in [-0.05, 0) is 37.1 Å². The second-order valence-corrected chi connectivity index (χ2v) is 5.25. The predicted molar refractivity (Wildman–Crippen MR) is 70.9 cm³/mol. The first-order valence-corrected chi connectivity index (χ1v) is 6.95. The third-order valence-corrected chi connectivity index (χ3v) is 3.91. The van der Waals surface area contributed by atoms with Crippen LogP contribution in [0.4, 0.5) is 0 Å². The first kappa shape index (κ1) is 13.4. The zero-order valence-electron chi connectivity index (χ0n) is 11.2. The van der Waals surface area contributed by atoms with E-state index < -0.39 is 5.97 Å². The van der Waals surface area contributed by atoms with Gasteiger partial charge in [-0.1, -0.05) is 0 Å². The Bertz CT molecular complexity index is 466. The van der Waals surface area contributed by atoms with Crippen molar-refractivity contribution in [2.24, 2.45) is 0 Å². The summed E-state index contributed by atoms with van der Waals surface area (Å²) in [6, 6.07) is 6.53. The molecule has 0 atom stereocenters. The quantitative estimate of drug-likeness (QED) is 0.920. The average Bonchev–Trinajstić information content (AvgIpc) is 2.91. The van der Waals surface area contributed by atoms with Crippen LogP contribution in [-0.2, 0) is 9.47 Å². The van der Waals surface area contributed by atoms with Crippen LogP contribution in [0.5, 0.6) is 5.75 Å². The second kappa shape index (κ2) is 5.42. The van der Waals surface area contributed by atoms with Crippen molar-refractivity contribution >= 4 is 5.97 Å². The maximum atomic E-state index is 10.8. The molecule has 5 nitrogen and oxygen atoms in total. The zero-order valence-corrected chi connectivity index (χ0v) is 11.2. The fraction of sp³-hybridized carbons (Fsp3) is 0.533. The fourth-order valence-electron chi connectivity index (χ4n) is 2.80. The number of ether oxygens (including phenoxy) is 3. The van der Waals surface area contributed by atoms with Crippen LogP contribution >= 0.6 is 0 Å². The molecule has 0 bridgehead atoms. The van der Waals surface area contributed by atoms with Crippen molar-refractivity contribution in [2.75, 3.05) is 13.2 Å². The molecule has 5 heteroatoms. The highest BCUT2D eigenvalue weighted by molar-refractivity contribution is 5.87. The van der Waals surface area contributed by atoms with Crippen molar-refractivity contribution < 1.29 is 24.1 Å². The SMILES string of the molecule is O=C(O)c1ccc(OC2CCC3(CC2)OCCO3)cc1. The molecule has 3 rings (SSSR count).